The Hall–Kier alpha value is -2.62. The molecule has 0 amide bonds. The van der Waals surface area contributed by atoms with E-state index in [0.717, 1.165) is 28.0 Å². The zero-order chi connectivity index (χ0) is 15.5. The predicted octanol–water partition coefficient (Wildman–Crippen LogP) is 3.64. The summed E-state index contributed by atoms with van der Waals surface area (Å²) in [5, 5.41) is 0. The van der Waals surface area contributed by atoms with Crippen LogP contribution < -0.4 is 0 Å². The molecule has 4 heteroatoms. The quantitative estimate of drug-likeness (QED) is 0.747. The first kappa shape index (κ1) is 14.3. The standard InChI is InChI=1S/C18H18N2O2/c1-12-10-14(13-6-4-3-5-7-13)11-15-18(12)20-16(19-15)8-9-17(21)22-2/h3-7,10-11H,8-9H2,1-2H3,(H,19,20). The average Bonchev–Trinajstić information content (AvgIpc) is 2.97. The third kappa shape index (κ3) is 2.86. The number of nitrogens with zero attached hydrogens (tertiary/aromatic N) is 1. The van der Waals surface area contributed by atoms with Crippen LogP contribution in [-0.2, 0) is 16.0 Å². The van der Waals surface area contributed by atoms with E-state index in [1.807, 2.05) is 18.2 Å². The molecule has 0 aliphatic carbocycles. The van der Waals surface area contributed by atoms with Crippen molar-refractivity contribution in [3.8, 4) is 11.1 Å². The van der Waals surface area contributed by atoms with Crippen LogP contribution >= 0.6 is 0 Å². The van der Waals surface area contributed by atoms with Crippen molar-refractivity contribution >= 4 is 17.0 Å². The van der Waals surface area contributed by atoms with Crippen molar-refractivity contribution < 1.29 is 9.53 Å². The fourth-order valence-electron chi connectivity index (χ4n) is 2.58. The number of nitrogens with one attached hydrogen (secondary N) is 1. The SMILES string of the molecule is COC(=O)CCc1nc2c(C)cc(-c3ccccc3)cc2[nH]1. The first-order valence-corrected chi connectivity index (χ1v) is 7.29. The highest BCUT2D eigenvalue weighted by Gasteiger charge is 2.10. The number of hydrogen-bond donors (Lipinski definition) is 1. The van der Waals surface area contributed by atoms with E-state index in [0.29, 0.717) is 12.8 Å². The third-order valence-corrected chi connectivity index (χ3v) is 3.73. The van der Waals surface area contributed by atoms with Gasteiger partial charge in [0.15, 0.2) is 0 Å². The van der Waals surface area contributed by atoms with E-state index in [9.17, 15) is 4.79 Å². The molecule has 0 saturated heterocycles. The van der Waals surface area contributed by atoms with Crippen molar-refractivity contribution in [3.05, 3.63) is 53.9 Å². The van der Waals surface area contributed by atoms with Crippen LogP contribution in [0, 0.1) is 6.92 Å². The molecule has 2 aromatic carbocycles. The van der Waals surface area contributed by atoms with Gasteiger partial charge in [-0.05, 0) is 35.7 Å². The molecule has 0 spiro atoms. The second-order valence-corrected chi connectivity index (χ2v) is 5.31. The van der Waals surface area contributed by atoms with Crippen LogP contribution in [0.2, 0.25) is 0 Å². The molecule has 3 aromatic rings. The summed E-state index contributed by atoms with van der Waals surface area (Å²) in [6.07, 6.45) is 0.891. The lowest BCUT2D eigenvalue weighted by molar-refractivity contribution is -0.140. The van der Waals surface area contributed by atoms with Crippen molar-refractivity contribution in [2.24, 2.45) is 0 Å². The lowest BCUT2D eigenvalue weighted by Gasteiger charge is -2.03. The van der Waals surface area contributed by atoms with Gasteiger partial charge in [-0.3, -0.25) is 4.79 Å². The van der Waals surface area contributed by atoms with Gasteiger partial charge < -0.3 is 9.72 Å². The van der Waals surface area contributed by atoms with Crippen LogP contribution in [-0.4, -0.2) is 23.0 Å². The highest BCUT2D eigenvalue weighted by molar-refractivity contribution is 5.85. The fraction of sp³-hybridized carbons (Fsp3) is 0.222. The summed E-state index contributed by atoms with van der Waals surface area (Å²) >= 11 is 0. The number of carbonyl (C=O) groups excluding carboxylic acids is 1. The van der Waals surface area contributed by atoms with Gasteiger partial charge in [0, 0.05) is 6.42 Å². The Balaban J connectivity index is 1.95. The van der Waals surface area contributed by atoms with Crippen molar-refractivity contribution in [2.45, 2.75) is 19.8 Å². The second-order valence-electron chi connectivity index (χ2n) is 5.31. The van der Waals surface area contributed by atoms with E-state index in [1.165, 1.54) is 12.7 Å². The number of ether oxygens (including phenoxy) is 1. The van der Waals surface area contributed by atoms with Gasteiger partial charge in [-0.2, -0.15) is 0 Å². The minimum absolute atomic E-state index is 0.220. The molecule has 0 radical (unpaired) electrons. The average molecular weight is 294 g/mol. The molecule has 0 unspecified atom stereocenters. The molecule has 112 valence electrons. The van der Waals surface area contributed by atoms with Gasteiger partial charge in [0.25, 0.3) is 0 Å². The number of methoxy groups -OCH3 is 1. The first-order chi connectivity index (χ1) is 10.7. The maximum absolute atomic E-state index is 11.2. The molecule has 0 bridgehead atoms. The summed E-state index contributed by atoms with van der Waals surface area (Å²) in [5.74, 6) is 0.593. The minimum atomic E-state index is -0.220. The van der Waals surface area contributed by atoms with Crippen LogP contribution in [0.3, 0.4) is 0 Å². The number of imidazole rings is 1. The van der Waals surface area contributed by atoms with E-state index in [2.05, 4.69) is 45.9 Å². The van der Waals surface area contributed by atoms with Gasteiger partial charge in [0.2, 0.25) is 0 Å². The Morgan fingerprint density at radius 2 is 1.95 bits per heavy atom. The maximum Gasteiger partial charge on any atom is 0.305 e. The van der Waals surface area contributed by atoms with Crippen LogP contribution in [0.4, 0.5) is 0 Å². The predicted molar refractivity (Wildman–Crippen MR) is 86.6 cm³/mol. The molecule has 0 aliphatic heterocycles. The van der Waals surface area contributed by atoms with Gasteiger partial charge in [-0.1, -0.05) is 30.3 Å². The van der Waals surface area contributed by atoms with Gasteiger partial charge in [-0.25, -0.2) is 4.98 Å². The molecular weight excluding hydrogens is 276 g/mol. The number of hydrogen-bond acceptors (Lipinski definition) is 3. The lowest BCUT2D eigenvalue weighted by atomic mass is 10.0. The highest BCUT2D eigenvalue weighted by atomic mass is 16.5. The molecule has 3 rings (SSSR count). The van der Waals surface area contributed by atoms with Crippen LogP contribution in [0.5, 0.6) is 0 Å². The van der Waals surface area contributed by atoms with E-state index >= 15 is 0 Å². The van der Waals surface area contributed by atoms with Crippen molar-refractivity contribution in [2.75, 3.05) is 7.11 Å². The number of esters is 1. The summed E-state index contributed by atoms with van der Waals surface area (Å²) in [4.78, 5) is 19.1. The number of rotatable bonds is 4. The lowest BCUT2D eigenvalue weighted by Crippen LogP contribution is -2.02. The van der Waals surface area contributed by atoms with Crippen LogP contribution in [0.25, 0.3) is 22.2 Å². The van der Waals surface area contributed by atoms with Gasteiger partial charge >= 0.3 is 5.97 Å². The summed E-state index contributed by atoms with van der Waals surface area (Å²) in [7, 11) is 1.40. The summed E-state index contributed by atoms with van der Waals surface area (Å²) in [6, 6.07) is 14.5. The van der Waals surface area contributed by atoms with Crippen molar-refractivity contribution in [3.63, 3.8) is 0 Å². The third-order valence-electron chi connectivity index (χ3n) is 3.73. The normalized spacial score (nSPS) is 10.8. The molecule has 0 fully saturated rings. The number of aromatic nitrogens is 2. The number of carbonyl (C=O) groups is 1. The Labute approximate surface area is 129 Å². The van der Waals surface area contributed by atoms with Crippen LogP contribution in [0.15, 0.2) is 42.5 Å². The number of benzene rings is 2. The van der Waals surface area contributed by atoms with Crippen molar-refractivity contribution in [1.29, 1.82) is 0 Å². The van der Waals surface area contributed by atoms with Gasteiger partial charge in [0.1, 0.15) is 5.82 Å². The molecule has 0 atom stereocenters. The summed E-state index contributed by atoms with van der Waals surface area (Å²) in [6.45, 7) is 2.06. The second kappa shape index (κ2) is 6.02. The number of aryl methyl sites for hydroxylation is 2. The van der Waals surface area contributed by atoms with E-state index < -0.39 is 0 Å². The molecular formula is C18H18N2O2. The number of H-pyrrole nitrogens is 1. The Bertz CT molecular complexity index is 807. The molecule has 0 aliphatic rings. The molecule has 22 heavy (non-hydrogen) atoms. The smallest absolute Gasteiger partial charge is 0.305 e. The van der Waals surface area contributed by atoms with E-state index in [-0.39, 0.29) is 5.97 Å². The fourth-order valence-corrected chi connectivity index (χ4v) is 2.58. The zero-order valence-corrected chi connectivity index (χ0v) is 12.7. The monoisotopic (exact) mass is 294 g/mol. The first-order valence-electron chi connectivity index (χ1n) is 7.29. The zero-order valence-electron chi connectivity index (χ0n) is 12.7. The molecule has 4 nitrogen and oxygen atoms in total. The Kier molecular flexibility index (Phi) is 3.92. The van der Waals surface area contributed by atoms with Gasteiger partial charge in [-0.15, -0.1) is 0 Å². The Morgan fingerprint density at radius 3 is 2.68 bits per heavy atom. The largest absolute Gasteiger partial charge is 0.469 e. The molecule has 1 N–H and O–H groups in total. The van der Waals surface area contributed by atoms with E-state index in [1.54, 1.807) is 0 Å². The highest BCUT2D eigenvalue weighted by Crippen LogP contribution is 2.26. The molecule has 1 heterocycles. The van der Waals surface area contributed by atoms with Gasteiger partial charge in [0.05, 0.1) is 24.6 Å². The molecule has 0 saturated carbocycles. The maximum atomic E-state index is 11.2. The topological polar surface area (TPSA) is 55.0 Å². The van der Waals surface area contributed by atoms with E-state index in [4.69, 9.17) is 0 Å². The number of aromatic amines is 1. The molecule has 1 aromatic heterocycles. The summed E-state index contributed by atoms with van der Waals surface area (Å²) in [5.41, 5.74) is 5.42. The summed E-state index contributed by atoms with van der Waals surface area (Å²) < 4.78 is 4.67. The Morgan fingerprint density at radius 1 is 1.18 bits per heavy atom. The van der Waals surface area contributed by atoms with Crippen LogP contribution in [0.1, 0.15) is 17.8 Å². The minimum Gasteiger partial charge on any atom is -0.469 e. The van der Waals surface area contributed by atoms with Crippen molar-refractivity contribution in [1.82, 2.24) is 9.97 Å². The number of fused-ring (bicyclic) bond motifs is 1.